The number of benzene rings is 1. The van der Waals surface area contributed by atoms with Crippen molar-refractivity contribution in [1.82, 2.24) is 19.3 Å². The molecule has 174 valence electrons. The number of ether oxygens (including phenoxy) is 1. The number of hydrogen-bond donors (Lipinski definition) is 2. The lowest BCUT2D eigenvalue weighted by Crippen LogP contribution is -2.45. The number of nitrogen functional groups attached to an aromatic ring is 1. The Morgan fingerprint density at radius 2 is 1.97 bits per heavy atom. The summed E-state index contributed by atoms with van der Waals surface area (Å²) < 4.78 is 33.3. The summed E-state index contributed by atoms with van der Waals surface area (Å²) in [4.78, 5) is 13.1. The lowest BCUT2D eigenvalue weighted by atomic mass is 10.1. The summed E-state index contributed by atoms with van der Waals surface area (Å²) in [6.07, 6.45) is 5.80. The molecule has 0 spiro atoms. The average molecular weight is 469 g/mol. The molecule has 1 fully saturated rings. The SMILES string of the molecule is CCc1ccnc(NC2CCCN(S(=O)(=O)c3ccc(-c4cnc(N)c(OC)c4)cc3)C2)n1. The first kappa shape index (κ1) is 22.9. The van der Waals surface area contributed by atoms with E-state index in [9.17, 15) is 8.42 Å². The van der Waals surface area contributed by atoms with Crippen molar-refractivity contribution < 1.29 is 13.2 Å². The molecule has 1 aliphatic rings. The van der Waals surface area contributed by atoms with E-state index in [0.717, 1.165) is 36.1 Å². The molecule has 1 aliphatic heterocycles. The molecule has 0 aliphatic carbocycles. The molecular formula is C23H28N6O3S. The van der Waals surface area contributed by atoms with Crippen LogP contribution in [0.4, 0.5) is 11.8 Å². The van der Waals surface area contributed by atoms with E-state index >= 15 is 0 Å². The third-order valence-electron chi connectivity index (χ3n) is 5.72. The lowest BCUT2D eigenvalue weighted by Gasteiger charge is -2.32. The standard InChI is InChI=1S/C23H28N6O3S/c1-3-18-10-11-25-23(27-18)28-19-5-4-12-29(15-19)33(30,31)20-8-6-16(7-9-20)17-13-21(32-2)22(24)26-14-17/h6-11,13-14,19H,3-5,12,15H2,1-2H3,(H2,24,26)(H,25,27,28). The summed E-state index contributed by atoms with van der Waals surface area (Å²) in [5.74, 6) is 1.32. The molecule has 1 atom stereocenters. The number of rotatable bonds is 7. The normalized spacial score (nSPS) is 17.0. The van der Waals surface area contributed by atoms with E-state index in [2.05, 4.69) is 20.3 Å². The molecule has 2 aromatic heterocycles. The van der Waals surface area contributed by atoms with Gasteiger partial charge in [0.2, 0.25) is 16.0 Å². The van der Waals surface area contributed by atoms with Gasteiger partial charge in [-0.1, -0.05) is 19.1 Å². The van der Waals surface area contributed by atoms with Crippen LogP contribution in [0.25, 0.3) is 11.1 Å². The maximum Gasteiger partial charge on any atom is 0.243 e. The molecule has 0 saturated carbocycles. The van der Waals surface area contributed by atoms with Crippen LogP contribution in [0, 0.1) is 0 Å². The molecule has 0 bridgehead atoms. The van der Waals surface area contributed by atoms with Gasteiger partial charge in [-0.15, -0.1) is 0 Å². The first-order valence-electron chi connectivity index (χ1n) is 10.9. The summed E-state index contributed by atoms with van der Waals surface area (Å²) in [6.45, 7) is 2.88. The third-order valence-corrected chi connectivity index (χ3v) is 7.60. The highest BCUT2D eigenvalue weighted by Crippen LogP contribution is 2.29. The number of pyridine rings is 1. The van der Waals surface area contributed by atoms with Gasteiger partial charge in [0.05, 0.1) is 12.0 Å². The van der Waals surface area contributed by atoms with E-state index in [0.29, 0.717) is 30.6 Å². The number of hydrogen-bond acceptors (Lipinski definition) is 8. The Morgan fingerprint density at radius 3 is 2.70 bits per heavy atom. The van der Waals surface area contributed by atoms with Gasteiger partial charge in [0.25, 0.3) is 0 Å². The third kappa shape index (κ3) is 5.07. The number of nitrogens with one attached hydrogen (secondary N) is 1. The van der Waals surface area contributed by atoms with E-state index in [1.807, 2.05) is 13.0 Å². The Morgan fingerprint density at radius 1 is 1.18 bits per heavy atom. The fraction of sp³-hybridized carbons (Fsp3) is 0.348. The molecule has 10 heteroatoms. The van der Waals surface area contributed by atoms with E-state index in [-0.39, 0.29) is 10.9 Å². The van der Waals surface area contributed by atoms with Gasteiger partial charge < -0.3 is 15.8 Å². The molecule has 4 rings (SSSR count). The Balaban J connectivity index is 1.49. The number of anilines is 2. The number of aromatic nitrogens is 3. The number of sulfonamides is 1. The summed E-state index contributed by atoms with van der Waals surface area (Å²) in [6, 6.07) is 10.4. The van der Waals surface area contributed by atoms with Gasteiger partial charge in [0, 0.05) is 42.8 Å². The molecule has 0 amide bonds. The smallest absolute Gasteiger partial charge is 0.243 e. The minimum absolute atomic E-state index is 0.0479. The van der Waals surface area contributed by atoms with Crippen molar-refractivity contribution in [3.63, 3.8) is 0 Å². The highest BCUT2D eigenvalue weighted by molar-refractivity contribution is 7.89. The molecule has 3 aromatic rings. The predicted octanol–water partition coefficient (Wildman–Crippen LogP) is 2.96. The molecule has 1 unspecified atom stereocenters. The lowest BCUT2D eigenvalue weighted by molar-refractivity contribution is 0.326. The summed E-state index contributed by atoms with van der Waals surface area (Å²) in [5, 5.41) is 3.30. The van der Waals surface area contributed by atoms with Crippen LogP contribution in [0.15, 0.2) is 53.7 Å². The van der Waals surface area contributed by atoms with Crippen molar-refractivity contribution in [3.8, 4) is 16.9 Å². The molecule has 9 nitrogen and oxygen atoms in total. The number of methoxy groups -OCH3 is 1. The zero-order valence-electron chi connectivity index (χ0n) is 18.7. The predicted molar refractivity (Wildman–Crippen MR) is 127 cm³/mol. The van der Waals surface area contributed by atoms with Crippen molar-refractivity contribution in [2.45, 2.75) is 37.1 Å². The first-order valence-corrected chi connectivity index (χ1v) is 12.3. The van der Waals surface area contributed by atoms with E-state index < -0.39 is 10.0 Å². The molecule has 33 heavy (non-hydrogen) atoms. The maximum absolute atomic E-state index is 13.3. The highest BCUT2D eigenvalue weighted by atomic mass is 32.2. The van der Waals surface area contributed by atoms with Crippen LogP contribution in [0.3, 0.4) is 0 Å². The summed E-state index contributed by atoms with van der Waals surface area (Å²) in [5.41, 5.74) is 8.35. The van der Waals surface area contributed by atoms with E-state index in [1.165, 1.54) is 11.4 Å². The Bertz CT molecular complexity index is 1220. The van der Waals surface area contributed by atoms with Crippen molar-refractivity contribution >= 4 is 21.8 Å². The van der Waals surface area contributed by atoms with Crippen LogP contribution >= 0.6 is 0 Å². The van der Waals surface area contributed by atoms with Gasteiger partial charge in [-0.05, 0) is 49.1 Å². The minimum atomic E-state index is -3.63. The second kappa shape index (κ2) is 9.72. The number of aryl methyl sites for hydroxylation is 1. The van der Waals surface area contributed by atoms with Crippen LogP contribution in [0.1, 0.15) is 25.5 Å². The topological polar surface area (TPSA) is 123 Å². The molecule has 1 saturated heterocycles. The van der Waals surface area contributed by atoms with Crippen LogP contribution in [-0.2, 0) is 16.4 Å². The Labute approximate surface area is 194 Å². The second-order valence-electron chi connectivity index (χ2n) is 7.91. The average Bonchev–Trinajstić information content (AvgIpc) is 2.85. The summed E-state index contributed by atoms with van der Waals surface area (Å²) >= 11 is 0. The largest absolute Gasteiger partial charge is 0.493 e. The van der Waals surface area contributed by atoms with Gasteiger partial charge >= 0.3 is 0 Å². The van der Waals surface area contributed by atoms with Crippen LogP contribution in [0.5, 0.6) is 5.75 Å². The van der Waals surface area contributed by atoms with Crippen LogP contribution < -0.4 is 15.8 Å². The Kier molecular flexibility index (Phi) is 6.75. The van der Waals surface area contributed by atoms with Crippen molar-refractivity contribution in [2.75, 3.05) is 31.2 Å². The summed E-state index contributed by atoms with van der Waals surface area (Å²) in [7, 11) is -2.10. The number of nitrogens with zero attached hydrogens (tertiary/aromatic N) is 4. The fourth-order valence-electron chi connectivity index (χ4n) is 3.87. The zero-order valence-corrected chi connectivity index (χ0v) is 19.5. The van der Waals surface area contributed by atoms with Crippen LogP contribution in [0.2, 0.25) is 0 Å². The quantitative estimate of drug-likeness (QED) is 0.542. The molecular weight excluding hydrogens is 440 g/mol. The van der Waals surface area contributed by atoms with Crippen LogP contribution in [-0.4, -0.2) is 53.9 Å². The van der Waals surface area contributed by atoms with Crippen molar-refractivity contribution in [3.05, 3.63) is 54.5 Å². The molecule has 0 radical (unpaired) electrons. The molecule has 3 heterocycles. The van der Waals surface area contributed by atoms with E-state index in [1.54, 1.807) is 42.7 Å². The Hall–Kier alpha value is -3.24. The number of nitrogens with two attached hydrogens (primary N) is 1. The van der Waals surface area contributed by atoms with Crippen molar-refractivity contribution in [2.24, 2.45) is 0 Å². The van der Waals surface area contributed by atoms with Gasteiger partial charge in [0.1, 0.15) is 0 Å². The molecule has 3 N–H and O–H groups in total. The van der Waals surface area contributed by atoms with Gasteiger partial charge in [-0.25, -0.2) is 23.4 Å². The minimum Gasteiger partial charge on any atom is -0.493 e. The maximum atomic E-state index is 13.3. The molecule has 1 aromatic carbocycles. The zero-order chi connectivity index (χ0) is 23.4. The van der Waals surface area contributed by atoms with Gasteiger partial charge in [-0.3, -0.25) is 0 Å². The number of piperidine rings is 1. The fourth-order valence-corrected chi connectivity index (χ4v) is 5.39. The second-order valence-corrected chi connectivity index (χ2v) is 9.85. The van der Waals surface area contributed by atoms with Crippen molar-refractivity contribution in [1.29, 1.82) is 0 Å². The monoisotopic (exact) mass is 468 g/mol. The van der Waals surface area contributed by atoms with Gasteiger partial charge in [-0.2, -0.15) is 4.31 Å². The first-order chi connectivity index (χ1) is 15.9. The van der Waals surface area contributed by atoms with Gasteiger partial charge in [0.15, 0.2) is 11.6 Å². The van der Waals surface area contributed by atoms with E-state index in [4.69, 9.17) is 10.5 Å². The highest BCUT2D eigenvalue weighted by Gasteiger charge is 2.30.